The molecule has 0 aliphatic rings. The second-order valence-corrected chi connectivity index (χ2v) is 9.17. The van der Waals surface area contributed by atoms with Gasteiger partial charge in [0.25, 0.3) is 0 Å². The topological polar surface area (TPSA) is 91.8 Å². The van der Waals surface area contributed by atoms with Crippen LogP contribution in [-0.4, -0.2) is 47.7 Å². The largest absolute Gasteiger partial charge is 0.383 e. The van der Waals surface area contributed by atoms with E-state index in [4.69, 9.17) is 4.74 Å². The fourth-order valence-electron chi connectivity index (χ4n) is 3.22. The third-order valence-corrected chi connectivity index (χ3v) is 6.02. The van der Waals surface area contributed by atoms with Crippen molar-refractivity contribution in [2.75, 3.05) is 33.4 Å². The van der Waals surface area contributed by atoms with E-state index in [1.165, 1.54) is 23.8 Å². The zero-order valence-electron chi connectivity index (χ0n) is 19.3. The molecule has 0 radical (unpaired) electrons. The highest BCUT2D eigenvalue weighted by atomic mass is 127. The predicted molar refractivity (Wildman–Crippen MR) is 141 cm³/mol. The lowest BCUT2D eigenvalue weighted by Gasteiger charge is -2.12. The van der Waals surface area contributed by atoms with Gasteiger partial charge in [-0.3, -0.25) is 0 Å². The lowest BCUT2D eigenvalue weighted by Crippen LogP contribution is -2.38. The Hall–Kier alpha value is -1.69. The van der Waals surface area contributed by atoms with Gasteiger partial charge >= 0.3 is 0 Å². The quantitative estimate of drug-likeness (QED) is 0.166. The number of aryl methyl sites for hydroxylation is 2. The summed E-state index contributed by atoms with van der Waals surface area (Å²) in [6, 6.07) is 13.4. The van der Waals surface area contributed by atoms with E-state index in [0.717, 1.165) is 25.1 Å². The van der Waals surface area contributed by atoms with E-state index in [1.54, 1.807) is 18.2 Å². The van der Waals surface area contributed by atoms with Crippen LogP contribution < -0.4 is 15.4 Å². The van der Waals surface area contributed by atoms with E-state index >= 15 is 0 Å². The number of hydrogen-bond acceptors (Lipinski definition) is 4. The molecule has 7 nitrogen and oxygen atoms in total. The van der Waals surface area contributed by atoms with E-state index in [1.807, 2.05) is 13.0 Å². The summed E-state index contributed by atoms with van der Waals surface area (Å²) in [7, 11) is -2.03. The molecule has 2 rings (SSSR count). The Morgan fingerprint density at radius 1 is 1.00 bits per heavy atom. The summed E-state index contributed by atoms with van der Waals surface area (Å²) >= 11 is 0. The van der Waals surface area contributed by atoms with Crippen molar-refractivity contribution in [1.29, 1.82) is 0 Å². The number of rotatable bonds is 11. The van der Waals surface area contributed by atoms with Gasteiger partial charge in [0.2, 0.25) is 10.0 Å². The number of aliphatic imine (C=N–C) groups is 1. The maximum Gasteiger partial charge on any atom is 0.240 e. The number of methoxy groups -OCH3 is 1. The van der Waals surface area contributed by atoms with E-state index < -0.39 is 10.0 Å². The number of benzene rings is 2. The molecular weight excluding hydrogens is 539 g/mol. The minimum atomic E-state index is -3.57. The molecule has 2 aromatic rings. The molecule has 0 amide bonds. The molecule has 0 aliphatic carbocycles. The Balaban J connectivity index is 0.00000512. The van der Waals surface area contributed by atoms with Crippen LogP contribution in [0.25, 0.3) is 0 Å². The smallest absolute Gasteiger partial charge is 0.240 e. The van der Waals surface area contributed by atoms with Crippen LogP contribution in [0.5, 0.6) is 0 Å². The van der Waals surface area contributed by atoms with Crippen molar-refractivity contribution >= 4 is 40.0 Å². The Morgan fingerprint density at radius 2 is 1.72 bits per heavy atom. The van der Waals surface area contributed by atoms with Crippen LogP contribution in [-0.2, 0) is 27.7 Å². The normalized spacial score (nSPS) is 11.7. The van der Waals surface area contributed by atoms with E-state index in [9.17, 15) is 8.42 Å². The van der Waals surface area contributed by atoms with Gasteiger partial charge < -0.3 is 15.4 Å². The van der Waals surface area contributed by atoms with Gasteiger partial charge in [-0.05, 0) is 50.5 Å². The average Bonchev–Trinajstić information content (AvgIpc) is 2.71. The highest BCUT2D eigenvalue weighted by Crippen LogP contribution is 2.12. The van der Waals surface area contributed by atoms with Gasteiger partial charge in [-0.2, -0.15) is 0 Å². The first kappa shape index (κ1) is 28.3. The Bertz CT molecular complexity index is 961. The molecule has 2 aromatic carbocycles. The molecule has 0 aliphatic heterocycles. The second-order valence-electron chi connectivity index (χ2n) is 7.41. The van der Waals surface area contributed by atoms with E-state index in [-0.39, 0.29) is 35.4 Å². The summed E-state index contributed by atoms with van der Waals surface area (Å²) in [6.45, 7) is 8.66. The minimum absolute atomic E-state index is 0. The van der Waals surface area contributed by atoms with Gasteiger partial charge in [-0.25, -0.2) is 18.1 Å². The lowest BCUT2D eigenvalue weighted by molar-refractivity contribution is 0.204. The van der Waals surface area contributed by atoms with Gasteiger partial charge in [-0.15, -0.1) is 24.0 Å². The first-order chi connectivity index (χ1) is 14.8. The fraction of sp³-hybridized carbons (Fsp3) is 0.435. The first-order valence-electron chi connectivity index (χ1n) is 10.5. The lowest BCUT2D eigenvalue weighted by atomic mass is 10.1. The van der Waals surface area contributed by atoms with Gasteiger partial charge in [-0.1, -0.05) is 41.5 Å². The fourth-order valence-corrected chi connectivity index (χ4v) is 4.31. The second kappa shape index (κ2) is 14.5. The molecule has 9 heteroatoms. The first-order valence-corrected chi connectivity index (χ1v) is 12.0. The van der Waals surface area contributed by atoms with Crippen LogP contribution in [0.2, 0.25) is 0 Å². The maximum atomic E-state index is 12.4. The Kier molecular flexibility index (Phi) is 12.8. The highest BCUT2D eigenvalue weighted by Gasteiger charge is 2.13. The van der Waals surface area contributed by atoms with Crippen LogP contribution >= 0.6 is 24.0 Å². The number of nitrogens with zero attached hydrogens (tertiary/aromatic N) is 1. The molecule has 32 heavy (non-hydrogen) atoms. The highest BCUT2D eigenvalue weighted by molar-refractivity contribution is 14.0. The SMILES string of the molecule is CCNC(=NCc1cccc(S(=O)(=O)NCCOC)c1)NCCc1cc(C)cc(C)c1.I. The number of halogens is 1. The standard InChI is InChI=1S/C23H34N4O3S.HI/c1-5-24-23(25-10-9-20-14-18(2)13-19(3)15-20)26-17-21-7-6-8-22(16-21)31(28,29)27-11-12-30-4;/h6-8,13-16,27H,5,9-12,17H2,1-4H3,(H2,24,25,26);1H. The molecule has 178 valence electrons. The molecule has 0 atom stereocenters. The predicted octanol–water partition coefficient (Wildman–Crippen LogP) is 3.14. The van der Waals surface area contributed by atoms with Crippen LogP contribution in [0.3, 0.4) is 0 Å². The number of ether oxygens (including phenoxy) is 1. The van der Waals surface area contributed by atoms with Crippen molar-refractivity contribution in [2.24, 2.45) is 4.99 Å². The van der Waals surface area contributed by atoms with E-state index in [2.05, 4.69) is 52.4 Å². The van der Waals surface area contributed by atoms with Gasteiger partial charge in [0, 0.05) is 26.7 Å². The van der Waals surface area contributed by atoms with Crippen molar-refractivity contribution < 1.29 is 13.2 Å². The molecule has 0 aromatic heterocycles. The third-order valence-electron chi connectivity index (χ3n) is 4.56. The molecule has 0 saturated carbocycles. The molecule has 0 spiro atoms. The summed E-state index contributed by atoms with van der Waals surface area (Å²) in [5.41, 5.74) is 4.64. The monoisotopic (exact) mass is 574 g/mol. The minimum Gasteiger partial charge on any atom is -0.383 e. The summed E-state index contributed by atoms with van der Waals surface area (Å²) in [5, 5.41) is 6.59. The van der Waals surface area contributed by atoms with Crippen LogP contribution in [0.15, 0.2) is 52.4 Å². The van der Waals surface area contributed by atoms with Gasteiger partial charge in [0.05, 0.1) is 18.0 Å². The summed E-state index contributed by atoms with van der Waals surface area (Å²) < 4.78 is 32.2. The molecule has 0 bridgehead atoms. The molecule has 0 fully saturated rings. The summed E-state index contributed by atoms with van der Waals surface area (Å²) in [5.74, 6) is 0.707. The van der Waals surface area contributed by atoms with Crippen molar-refractivity contribution in [3.8, 4) is 0 Å². The number of hydrogen-bond donors (Lipinski definition) is 3. The number of sulfonamides is 1. The van der Waals surface area contributed by atoms with Crippen molar-refractivity contribution in [2.45, 2.75) is 38.6 Å². The molecule has 3 N–H and O–H groups in total. The van der Waals surface area contributed by atoms with Crippen molar-refractivity contribution in [3.63, 3.8) is 0 Å². The molecule has 0 saturated heterocycles. The van der Waals surface area contributed by atoms with Gasteiger partial charge in [0.15, 0.2) is 5.96 Å². The Labute approximate surface area is 209 Å². The maximum absolute atomic E-state index is 12.4. The molecule has 0 heterocycles. The van der Waals surface area contributed by atoms with E-state index in [0.29, 0.717) is 19.1 Å². The Morgan fingerprint density at radius 3 is 2.38 bits per heavy atom. The average molecular weight is 575 g/mol. The zero-order chi connectivity index (χ0) is 22.7. The molecular formula is C23H35IN4O3S. The summed E-state index contributed by atoms with van der Waals surface area (Å²) in [4.78, 5) is 4.83. The van der Waals surface area contributed by atoms with Crippen LogP contribution in [0.4, 0.5) is 0 Å². The zero-order valence-corrected chi connectivity index (χ0v) is 22.4. The number of guanidine groups is 1. The van der Waals surface area contributed by atoms with Crippen LogP contribution in [0, 0.1) is 13.8 Å². The van der Waals surface area contributed by atoms with Crippen molar-refractivity contribution in [3.05, 3.63) is 64.7 Å². The van der Waals surface area contributed by atoms with Crippen LogP contribution in [0.1, 0.15) is 29.2 Å². The summed E-state index contributed by atoms with van der Waals surface area (Å²) in [6.07, 6.45) is 0.897. The van der Waals surface area contributed by atoms with Gasteiger partial charge in [0.1, 0.15) is 0 Å². The van der Waals surface area contributed by atoms with Crippen molar-refractivity contribution in [1.82, 2.24) is 15.4 Å². The third kappa shape index (κ3) is 9.85. The molecule has 0 unspecified atom stereocenters. The number of nitrogens with one attached hydrogen (secondary N) is 3.